The molecule has 2 aromatic rings. The molecule has 0 saturated heterocycles. The molecule has 1 atom stereocenters. The number of hydrogen-bond acceptors (Lipinski definition) is 4. The molecule has 0 aromatic carbocycles. The molecule has 0 fully saturated rings. The fourth-order valence-electron chi connectivity index (χ4n) is 2.58. The van der Waals surface area contributed by atoms with Gasteiger partial charge in [0.2, 0.25) is 0 Å². The molecule has 2 rings (SSSR count). The monoisotopic (exact) mass is 344 g/mol. The van der Waals surface area contributed by atoms with Gasteiger partial charge in [0.05, 0.1) is 29.4 Å². The SMILES string of the molecule is CCCCC(=NCc1ccccn1)c1c(C(C)C(=O)O)[nH]n(C)c1=O. The minimum Gasteiger partial charge on any atom is -0.481 e. The van der Waals surface area contributed by atoms with Crippen LogP contribution < -0.4 is 5.56 Å². The quantitative estimate of drug-likeness (QED) is 0.718. The Kier molecular flexibility index (Phi) is 6.27. The van der Waals surface area contributed by atoms with Crippen LogP contribution in [0, 0.1) is 0 Å². The number of rotatable bonds is 8. The summed E-state index contributed by atoms with van der Waals surface area (Å²) in [6.45, 7) is 3.98. The first-order valence-electron chi connectivity index (χ1n) is 8.41. The number of carboxylic acids is 1. The van der Waals surface area contributed by atoms with E-state index in [-0.39, 0.29) is 5.56 Å². The first-order valence-corrected chi connectivity index (χ1v) is 8.41. The predicted octanol–water partition coefficient (Wildman–Crippen LogP) is 2.48. The van der Waals surface area contributed by atoms with Crippen LogP contribution in [0.25, 0.3) is 0 Å². The smallest absolute Gasteiger partial charge is 0.312 e. The molecular weight excluding hydrogens is 320 g/mol. The lowest BCUT2D eigenvalue weighted by atomic mass is 9.98. The van der Waals surface area contributed by atoms with E-state index in [1.54, 1.807) is 20.2 Å². The lowest BCUT2D eigenvalue weighted by molar-refractivity contribution is -0.138. The molecule has 0 saturated carbocycles. The molecular formula is C18H24N4O3. The summed E-state index contributed by atoms with van der Waals surface area (Å²) < 4.78 is 1.31. The number of nitrogens with one attached hydrogen (secondary N) is 1. The normalized spacial score (nSPS) is 13.0. The number of aromatic amines is 1. The summed E-state index contributed by atoms with van der Waals surface area (Å²) in [5.41, 5.74) is 1.96. The molecule has 25 heavy (non-hydrogen) atoms. The van der Waals surface area contributed by atoms with Crippen molar-refractivity contribution in [1.82, 2.24) is 14.8 Å². The zero-order valence-electron chi connectivity index (χ0n) is 14.8. The molecule has 0 bridgehead atoms. The average Bonchev–Trinajstić information content (AvgIpc) is 2.90. The van der Waals surface area contributed by atoms with E-state index in [0.29, 0.717) is 29.9 Å². The van der Waals surface area contributed by atoms with Crippen LogP contribution in [-0.2, 0) is 18.4 Å². The minimum atomic E-state index is -0.984. The number of carboxylic acid groups (broad SMARTS) is 1. The Morgan fingerprint density at radius 1 is 1.44 bits per heavy atom. The van der Waals surface area contributed by atoms with Crippen LogP contribution in [0.15, 0.2) is 34.2 Å². The highest BCUT2D eigenvalue weighted by Crippen LogP contribution is 2.19. The third-order valence-corrected chi connectivity index (χ3v) is 4.09. The highest BCUT2D eigenvalue weighted by atomic mass is 16.4. The zero-order chi connectivity index (χ0) is 18.4. The summed E-state index contributed by atoms with van der Waals surface area (Å²) >= 11 is 0. The first-order chi connectivity index (χ1) is 12.0. The summed E-state index contributed by atoms with van der Waals surface area (Å²) in [6, 6.07) is 5.59. The molecule has 0 aliphatic carbocycles. The van der Waals surface area contributed by atoms with E-state index >= 15 is 0 Å². The second-order valence-corrected chi connectivity index (χ2v) is 6.01. The second kappa shape index (κ2) is 8.41. The Hall–Kier alpha value is -2.70. The number of H-pyrrole nitrogens is 1. The average molecular weight is 344 g/mol. The van der Waals surface area contributed by atoms with Crippen molar-refractivity contribution < 1.29 is 9.90 Å². The Bertz CT molecular complexity index is 805. The van der Waals surface area contributed by atoms with E-state index in [9.17, 15) is 14.7 Å². The number of nitrogens with zero attached hydrogens (tertiary/aromatic N) is 3. The number of pyridine rings is 1. The molecule has 0 spiro atoms. The summed E-state index contributed by atoms with van der Waals surface area (Å²) in [7, 11) is 1.58. The van der Waals surface area contributed by atoms with Crippen molar-refractivity contribution in [2.75, 3.05) is 0 Å². The number of hydrogen-bond donors (Lipinski definition) is 2. The third-order valence-electron chi connectivity index (χ3n) is 4.09. The molecule has 2 N–H and O–H groups in total. The summed E-state index contributed by atoms with van der Waals surface area (Å²) in [5.74, 6) is -1.80. The Balaban J connectivity index is 2.47. The molecule has 134 valence electrons. The lowest BCUT2D eigenvalue weighted by Gasteiger charge is -2.09. The van der Waals surface area contributed by atoms with Gasteiger partial charge in [-0.05, 0) is 31.9 Å². The van der Waals surface area contributed by atoms with E-state index in [4.69, 9.17) is 0 Å². The van der Waals surface area contributed by atoms with Gasteiger partial charge >= 0.3 is 5.97 Å². The summed E-state index contributed by atoms with van der Waals surface area (Å²) in [6.07, 6.45) is 4.15. The molecule has 1 unspecified atom stereocenters. The number of aryl methyl sites for hydroxylation is 1. The Morgan fingerprint density at radius 3 is 2.80 bits per heavy atom. The molecule has 0 aliphatic rings. The molecule has 7 nitrogen and oxygen atoms in total. The van der Waals surface area contributed by atoms with E-state index in [0.717, 1.165) is 18.5 Å². The molecule has 2 aromatic heterocycles. The Morgan fingerprint density at radius 2 is 2.20 bits per heavy atom. The van der Waals surface area contributed by atoms with Gasteiger partial charge < -0.3 is 5.11 Å². The maximum atomic E-state index is 12.6. The van der Waals surface area contributed by atoms with Gasteiger partial charge in [-0.1, -0.05) is 19.4 Å². The number of carbonyl (C=O) groups is 1. The van der Waals surface area contributed by atoms with Crippen LogP contribution in [0.4, 0.5) is 0 Å². The summed E-state index contributed by atoms with van der Waals surface area (Å²) in [4.78, 5) is 32.8. The van der Waals surface area contributed by atoms with Gasteiger partial charge in [-0.25, -0.2) is 0 Å². The van der Waals surface area contributed by atoms with Crippen molar-refractivity contribution in [3.05, 3.63) is 51.7 Å². The highest BCUT2D eigenvalue weighted by Gasteiger charge is 2.25. The molecule has 7 heteroatoms. The summed E-state index contributed by atoms with van der Waals surface area (Å²) in [5, 5.41) is 12.2. The molecule has 0 radical (unpaired) electrons. The van der Waals surface area contributed by atoms with E-state index in [2.05, 4.69) is 22.0 Å². The zero-order valence-corrected chi connectivity index (χ0v) is 14.8. The van der Waals surface area contributed by atoms with Crippen LogP contribution in [0.2, 0.25) is 0 Å². The van der Waals surface area contributed by atoms with Gasteiger partial charge in [-0.15, -0.1) is 0 Å². The fraction of sp³-hybridized carbons (Fsp3) is 0.444. The number of aliphatic imine (C=N–C) groups is 1. The largest absolute Gasteiger partial charge is 0.481 e. The van der Waals surface area contributed by atoms with E-state index < -0.39 is 11.9 Å². The van der Waals surface area contributed by atoms with Crippen molar-refractivity contribution in [2.24, 2.45) is 12.0 Å². The topological polar surface area (TPSA) is 100 Å². The van der Waals surface area contributed by atoms with Crippen LogP contribution >= 0.6 is 0 Å². The van der Waals surface area contributed by atoms with Gasteiger partial charge in [-0.3, -0.25) is 29.3 Å². The maximum absolute atomic E-state index is 12.6. The molecule has 0 amide bonds. The van der Waals surface area contributed by atoms with Crippen molar-refractivity contribution in [2.45, 2.75) is 45.6 Å². The van der Waals surface area contributed by atoms with Crippen LogP contribution in [0.5, 0.6) is 0 Å². The van der Waals surface area contributed by atoms with E-state index in [1.807, 2.05) is 18.2 Å². The standard InChI is InChI=1S/C18H24N4O3/c1-4-5-9-14(20-11-13-8-6-7-10-19-13)15-16(12(2)18(24)25)21-22(3)17(15)23/h6-8,10,12,21H,4-5,9,11H2,1-3H3,(H,24,25). The van der Waals surface area contributed by atoms with Gasteiger partial charge in [0, 0.05) is 19.0 Å². The van der Waals surface area contributed by atoms with Crippen LogP contribution in [-0.4, -0.2) is 31.6 Å². The third kappa shape index (κ3) is 4.43. The molecule has 0 aliphatic heterocycles. The highest BCUT2D eigenvalue weighted by molar-refractivity contribution is 6.02. The number of unbranched alkanes of at least 4 members (excludes halogenated alkanes) is 1. The van der Waals surface area contributed by atoms with Gasteiger partial charge in [0.25, 0.3) is 5.56 Å². The Labute approximate surface area is 146 Å². The van der Waals surface area contributed by atoms with Gasteiger partial charge in [0.15, 0.2) is 0 Å². The minimum absolute atomic E-state index is 0.251. The van der Waals surface area contributed by atoms with Crippen LogP contribution in [0.1, 0.15) is 56.0 Å². The van der Waals surface area contributed by atoms with Crippen molar-refractivity contribution in [1.29, 1.82) is 0 Å². The number of aliphatic carboxylic acids is 1. The van der Waals surface area contributed by atoms with Crippen molar-refractivity contribution in [3.63, 3.8) is 0 Å². The van der Waals surface area contributed by atoms with Crippen molar-refractivity contribution >= 4 is 11.7 Å². The fourth-order valence-corrected chi connectivity index (χ4v) is 2.58. The van der Waals surface area contributed by atoms with Crippen LogP contribution in [0.3, 0.4) is 0 Å². The van der Waals surface area contributed by atoms with Gasteiger partial charge in [-0.2, -0.15) is 0 Å². The lowest BCUT2D eigenvalue weighted by Crippen LogP contribution is -2.21. The van der Waals surface area contributed by atoms with Gasteiger partial charge in [0.1, 0.15) is 0 Å². The number of aromatic nitrogens is 3. The second-order valence-electron chi connectivity index (χ2n) is 6.01. The molecule has 2 heterocycles. The predicted molar refractivity (Wildman–Crippen MR) is 96.1 cm³/mol. The van der Waals surface area contributed by atoms with Crippen molar-refractivity contribution in [3.8, 4) is 0 Å². The van der Waals surface area contributed by atoms with E-state index in [1.165, 1.54) is 4.68 Å². The first kappa shape index (κ1) is 18.6. The maximum Gasteiger partial charge on any atom is 0.312 e.